The van der Waals surface area contributed by atoms with Gasteiger partial charge in [-0.1, -0.05) is 6.08 Å². The maximum Gasteiger partial charge on any atom is 0.330 e. The topological polar surface area (TPSA) is 49.8 Å². The first-order valence-corrected chi connectivity index (χ1v) is 5.67. The lowest BCUT2D eigenvalue weighted by Gasteiger charge is -2.18. The monoisotopic (exact) mass is 227 g/mol. The SMILES string of the molecule is CC(C)(C)OC(=O)C=CCN1CCC(O)C1. The summed E-state index contributed by atoms with van der Waals surface area (Å²) in [5.74, 6) is -0.313. The summed E-state index contributed by atoms with van der Waals surface area (Å²) in [4.78, 5) is 13.4. The Hall–Kier alpha value is -0.870. The third-order valence-electron chi connectivity index (χ3n) is 2.27. The summed E-state index contributed by atoms with van der Waals surface area (Å²) in [7, 11) is 0. The Kier molecular flexibility index (Phi) is 4.50. The Morgan fingerprint density at radius 2 is 2.25 bits per heavy atom. The van der Waals surface area contributed by atoms with Crippen LogP contribution in [0.5, 0.6) is 0 Å². The smallest absolute Gasteiger partial charge is 0.330 e. The molecule has 92 valence electrons. The molecule has 0 aliphatic carbocycles. The highest BCUT2D eigenvalue weighted by Gasteiger charge is 2.18. The van der Waals surface area contributed by atoms with Crippen LogP contribution in [-0.4, -0.2) is 47.3 Å². The molecule has 1 aliphatic heterocycles. The van der Waals surface area contributed by atoms with Gasteiger partial charge >= 0.3 is 5.97 Å². The largest absolute Gasteiger partial charge is 0.457 e. The zero-order chi connectivity index (χ0) is 12.2. The summed E-state index contributed by atoms with van der Waals surface area (Å²) in [6, 6.07) is 0. The van der Waals surface area contributed by atoms with E-state index in [1.165, 1.54) is 6.08 Å². The first-order valence-electron chi connectivity index (χ1n) is 5.67. The molecule has 4 nitrogen and oxygen atoms in total. The number of esters is 1. The zero-order valence-corrected chi connectivity index (χ0v) is 10.3. The summed E-state index contributed by atoms with van der Waals surface area (Å²) >= 11 is 0. The third-order valence-corrected chi connectivity index (χ3v) is 2.27. The van der Waals surface area contributed by atoms with Crippen molar-refractivity contribution >= 4 is 5.97 Å². The van der Waals surface area contributed by atoms with Crippen molar-refractivity contribution in [3.05, 3.63) is 12.2 Å². The molecular weight excluding hydrogens is 206 g/mol. The number of nitrogens with zero attached hydrogens (tertiary/aromatic N) is 1. The van der Waals surface area contributed by atoms with E-state index in [9.17, 15) is 9.90 Å². The highest BCUT2D eigenvalue weighted by Crippen LogP contribution is 2.09. The molecule has 1 rings (SSSR count). The van der Waals surface area contributed by atoms with Crippen molar-refractivity contribution in [2.24, 2.45) is 0 Å². The lowest BCUT2D eigenvalue weighted by atomic mass is 10.2. The highest BCUT2D eigenvalue weighted by molar-refractivity contribution is 5.82. The number of likely N-dealkylation sites (tertiary alicyclic amines) is 1. The quantitative estimate of drug-likeness (QED) is 0.576. The van der Waals surface area contributed by atoms with Crippen LogP contribution in [0.25, 0.3) is 0 Å². The number of ether oxygens (including phenoxy) is 1. The van der Waals surface area contributed by atoms with Crippen LogP contribution in [-0.2, 0) is 9.53 Å². The molecule has 1 unspecified atom stereocenters. The van der Waals surface area contributed by atoms with E-state index in [1.54, 1.807) is 6.08 Å². The van der Waals surface area contributed by atoms with E-state index in [1.807, 2.05) is 20.8 Å². The second-order valence-electron chi connectivity index (χ2n) is 5.14. The average molecular weight is 227 g/mol. The van der Waals surface area contributed by atoms with E-state index >= 15 is 0 Å². The van der Waals surface area contributed by atoms with Gasteiger partial charge in [0.2, 0.25) is 0 Å². The number of aliphatic hydroxyl groups excluding tert-OH is 1. The molecule has 0 aromatic rings. The van der Waals surface area contributed by atoms with Gasteiger partial charge in [-0.25, -0.2) is 4.79 Å². The van der Waals surface area contributed by atoms with Crippen LogP contribution in [0.15, 0.2) is 12.2 Å². The van der Waals surface area contributed by atoms with Gasteiger partial charge in [0.15, 0.2) is 0 Å². The first kappa shape index (κ1) is 13.2. The van der Waals surface area contributed by atoms with Crippen molar-refractivity contribution in [2.45, 2.75) is 38.9 Å². The number of rotatable bonds is 3. The maximum atomic E-state index is 11.3. The Morgan fingerprint density at radius 1 is 1.56 bits per heavy atom. The highest BCUT2D eigenvalue weighted by atomic mass is 16.6. The van der Waals surface area contributed by atoms with Crippen LogP contribution in [0.4, 0.5) is 0 Å². The summed E-state index contributed by atoms with van der Waals surface area (Å²) < 4.78 is 5.13. The van der Waals surface area contributed by atoms with Crippen LogP contribution in [0.3, 0.4) is 0 Å². The van der Waals surface area contributed by atoms with Crippen LogP contribution < -0.4 is 0 Å². The molecule has 1 atom stereocenters. The van der Waals surface area contributed by atoms with E-state index in [0.717, 1.165) is 13.0 Å². The van der Waals surface area contributed by atoms with Crippen LogP contribution in [0, 0.1) is 0 Å². The summed E-state index contributed by atoms with van der Waals surface area (Å²) in [5.41, 5.74) is -0.439. The molecule has 0 saturated carbocycles. The van der Waals surface area contributed by atoms with Gasteiger partial charge in [0.1, 0.15) is 5.60 Å². The maximum absolute atomic E-state index is 11.3. The van der Waals surface area contributed by atoms with Crippen molar-refractivity contribution in [1.29, 1.82) is 0 Å². The normalized spacial score (nSPS) is 22.9. The van der Waals surface area contributed by atoms with E-state index in [0.29, 0.717) is 13.1 Å². The second kappa shape index (κ2) is 5.46. The van der Waals surface area contributed by atoms with Crippen molar-refractivity contribution in [3.8, 4) is 0 Å². The average Bonchev–Trinajstić information content (AvgIpc) is 2.48. The molecule has 0 aromatic heterocycles. The Labute approximate surface area is 96.9 Å². The van der Waals surface area contributed by atoms with Gasteiger partial charge in [0.25, 0.3) is 0 Å². The molecular formula is C12H21NO3. The molecule has 0 amide bonds. The van der Waals surface area contributed by atoms with Crippen LogP contribution in [0.2, 0.25) is 0 Å². The molecule has 1 aliphatic rings. The van der Waals surface area contributed by atoms with Gasteiger partial charge in [0.05, 0.1) is 6.10 Å². The lowest BCUT2D eigenvalue weighted by molar-refractivity contribution is -0.148. The minimum absolute atomic E-state index is 0.213. The van der Waals surface area contributed by atoms with Gasteiger partial charge in [-0.2, -0.15) is 0 Å². The molecule has 0 radical (unpaired) electrons. The molecule has 0 aromatic carbocycles. The summed E-state index contributed by atoms with van der Waals surface area (Å²) in [6.07, 6.45) is 3.84. The number of carbonyl (C=O) groups excluding carboxylic acids is 1. The third kappa shape index (κ3) is 5.28. The molecule has 0 bridgehead atoms. The van der Waals surface area contributed by atoms with E-state index in [4.69, 9.17) is 4.74 Å². The molecule has 1 fully saturated rings. The second-order valence-corrected chi connectivity index (χ2v) is 5.14. The van der Waals surface area contributed by atoms with E-state index in [2.05, 4.69) is 4.90 Å². The fourth-order valence-electron chi connectivity index (χ4n) is 1.61. The lowest BCUT2D eigenvalue weighted by Crippen LogP contribution is -2.24. The number of β-amino-alcohol motifs (C(OH)–C–C–N with tert-alkyl or cyclic N) is 1. The predicted octanol–water partition coefficient (Wildman–Crippen LogP) is 0.951. The fraction of sp³-hybridized carbons (Fsp3) is 0.750. The Morgan fingerprint density at radius 3 is 2.75 bits per heavy atom. The van der Waals surface area contributed by atoms with Gasteiger partial charge in [-0.3, -0.25) is 4.90 Å². The fourth-order valence-corrected chi connectivity index (χ4v) is 1.61. The number of aliphatic hydroxyl groups is 1. The van der Waals surface area contributed by atoms with Crippen molar-refractivity contribution in [3.63, 3.8) is 0 Å². The predicted molar refractivity (Wildman–Crippen MR) is 62.0 cm³/mol. The molecule has 1 saturated heterocycles. The van der Waals surface area contributed by atoms with Crippen molar-refractivity contribution in [1.82, 2.24) is 4.90 Å². The first-order chi connectivity index (χ1) is 7.37. The van der Waals surface area contributed by atoms with Gasteiger partial charge in [-0.15, -0.1) is 0 Å². The zero-order valence-electron chi connectivity index (χ0n) is 10.3. The summed E-state index contributed by atoms with van der Waals surface area (Å²) in [6.45, 7) is 7.80. The Bertz CT molecular complexity index is 268. The Balaban J connectivity index is 2.24. The van der Waals surface area contributed by atoms with Crippen molar-refractivity contribution < 1.29 is 14.6 Å². The van der Waals surface area contributed by atoms with Gasteiger partial charge in [0, 0.05) is 25.7 Å². The minimum Gasteiger partial charge on any atom is -0.457 e. The van der Waals surface area contributed by atoms with Crippen LogP contribution >= 0.6 is 0 Å². The number of carbonyl (C=O) groups is 1. The molecule has 16 heavy (non-hydrogen) atoms. The van der Waals surface area contributed by atoms with Crippen LogP contribution in [0.1, 0.15) is 27.2 Å². The number of hydrogen-bond donors (Lipinski definition) is 1. The van der Waals surface area contributed by atoms with Gasteiger partial charge < -0.3 is 9.84 Å². The van der Waals surface area contributed by atoms with Crippen molar-refractivity contribution in [2.75, 3.05) is 19.6 Å². The molecule has 1 heterocycles. The van der Waals surface area contributed by atoms with E-state index < -0.39 is 5.60 Å². The van der Waals surface area contributed by atoms with E-state index in [-0.39, 0.29) is 12.1 Å². The molecule has 1 N–H and O–H groups in total. The minimum atomic E-state index is -0.439. The van der Waals surface area contributed by atoms with Gasteiger partial charge in [-0.05, 0) is 27.2 Å². The standard InChI is InChI=1S/C12H21NO3/c1-12(2,3)16-11(15)5-4-7-13-8-6-10(14)9-13/h4-5,10,14H,6-9H2,1-3H3. The summed E-state index contributed by atoms with van der Waals surface area (Å²) in [5, 5.41) is 9.30. The number of hydrogen-bond acceptors (Lipinski definition) is 4. The molecule has 4 heteroatoms. The molecule has 0 spiro atoms.